The van der Waals surface area contributed by atoms with Crippen LogP contribution >= 0.6 is 15.9 Å². The number of rotatable bonds is 4. The predicted molar refractivity (Wildman–Crippen MR) is 72.1 cm³/mol. The van der Waals surface area contributed by atoms with Crippen molar-refractivity contribution in [3.05, 3.63) is 28.7 Å². The molecule has 1 amide bonds. The third-order valence-electron chi connectivity index (χ3n) is 2.15. The Morgan fingerprint density at radius 3 is 2.41 bits per heavy atom. The smallest absolute Gasteiger partial charge is 0.225 e. The van der Waals surface area contributed by atoms with Crippen molar-refractivity contribution < 1.29 is 9.53 Å². The van der Waals surface area contributed by atoms with Crippen LogP contribution in [0, 0.1) is 5.41 Å². The van der Waals surface area contributed by atoms with Gasteiger partial charge >= 0.3 is 0 Å². The number of halogens is 1. The zero-order valence-electron chi connectivity index (χ0n) is 10.4. The zero-order valence-corrected chi connectivity index (χ0v) is 12.0. The lowest BCUT2D eigenvalue weighted by atomic mass is 9.96. The number of ether oxygens (including phenoxy) is 1. The van der Waals surface area contributed by atoms with Gasteiger partial charge in [-0.25, -0.2) is 0 Å². The van der Waals surface area contributed by atoms with E-state index in [4.69, 9.17) is 4.74 Å². The summed E-state index contributed by atoms with van der Waals surface area (Å²) in [5.74, 6) is 0.843. The first-order valence-electron chi connectivity index (χ1n) is 5.56. The lowest BCUT2D eigenvalue weighted by Gasteiger charge is -2.17. The van der Waals surface area contributed by atoms with E-state index in [1.54, 1.807) is 0 Å². The van der Waals surface area contributed by atoms with Gasteiger partial charge in [-0.2, -0.15) is 0 Å². The predicted octanol–water partition coefficient (Wildman–Crippen LogP) is 2.99. The lowest BCUT2D eigenvalue weighted by molar-refractivity contribution is -0.128. The van der Waals surface area contributed by atoms with Crippen molar-refractivity contribution in [3.8, 4) is 5.75 Å². The Morgan fingerprint density at radius 2 is 1.88 bits per heavy atom. The summed E-state index contributed by atoms with van der Waals surface area (Å²) in [5.41, 5.74) is -0.350. The summed E-state index contributed by atoms with van der Waals surface area (Å²) in [7, 11) is 0. The van der Waals surface area contributed by atoms with Crippen molar-refractivity contribution in [2.24, 2.45) is 5.41 Å². The molecule has 1 aromatic carbocycles. The average molecular weight is 300 g/mol. The fourth-order valence-electron chi connectivity index (χ4n) is 1.13. The summed E-state index contributed by atoms with van der Waals surface area (Å²) in [6.07, 6.45) is 0. The second kappa shape index (κ2) is 6.05. The van der Waals surface area contributed by atoms with Crippen molar-refractivity contribution in [1.82, 2.24) is 5.32 Å². The molecule has 0 atom stereocenters. The Labute approximate surface area is 111 Å². The standard InChI is InChI=1S/C13H18BrNO2/c1-13(2,3)12(16)15-8-9-17-11-6-4-10(14)5-7-11/h4-7H,8-9H2,1-3H3,(H,15,16). The maximum atomic E-state index is 11.5. The number of benzene rings is 1. The molecule has 0 saturated carbocycles. The Hall–Kier alpha value is -1.03. The zero-order chi connectivity index (χ0) is 12.9. The van der Waals surface area contributed by atoms with Crippen molar-refractivity contribution >= 4 is 21.8 Å². The monoisotopic (exact) mass is 299 g/mol. The molecular formula is C13H18BrNO2. The lowest BCUT2D eigenvalue weighted by Crippen LogP contribution is -2.37. The average Bonchev–Trinajstić information content (AvgIpc) is 2.25. The topological polar surface area (TPSA) is 38.3 Å². The summed E-state index contributed by atoms with van der Waals surface area (Å²) in [6.45, 7) is 6.66. The molecule has 94 valence electrons. The highest BCUT2D eigenvalue weighted by Gasteiger charge is 2.20. The minimum Gasteiger partial charge on any atom is -0.492 e. The summed E-state index contributed by atoms with van der Waals surface area (Å²) in [6, 6.07) is 7.61. The molecule has 0 aromatic heterocycles. The molecule has 0 saturated heterocycles. The third-order valence-corrected chi connectivity index (χ3v) is 2.68. The molecule has 0 aliphatic heterocycles. The molecule has 0 aliphatic carbocycles. The molecule has 1 aromatic rings. The van der Waals surface area contributed by atoms with Gasteiger partial charge in [0, 0.05) is 9.89 Å². The van der Waals surface area contributed by atoms with E-state index in [9.17, 15) is 4.79 Å². The van der Waals surface area contributed by atoms with Crippen molar-refractivity contribution in [2.75, 3.05) is 13.2 Å². The van der Waals surface area contributed by atoms with Gasteiger partial charge in [0.05, 0.1) is 6.54 Å². The van der Waals surface area contributed by atoms with Gasteiger partial charge in [0.15, 0.2) is 0 Å². The van der Waals surface area contributed by atoms with E-state index in [0.717, 1.165) is 10.2 Å². The van der Waals surface area contributed by atoms with Crippen LogP contribution < -0.4 is 10.1 Å². The van der Waals surface area contributed by atoms with Crippen LogP contribution in [0.25, 0.3) is 0 Å². The van der Waals surface area contributed by atoms with Gasteiger partial charge in [0.2, 0.25) is 5.91 Å². The number of hydrogen-bond donors (Lipinski definition) is 1. The molecule has 0 aliphatic rings. The highest BCUT2D eigenvalue weighted by Crippen LogP contribution is 2.16. The van der Waals surface area contributed by atoms with E-state index >= 15 is 0 Å². The van der Waals surface area contributed by atoms with E-state index in [1.807, 2.05) is 45.0 Å². The maximum absolute atomic E-state index is 11.5. The Balaban J connectivity index is 2.25. The summed E-state index contributed by atoms with van der Waals surface area (Å²) in [5, 5.41) is 2.83. The van der Waals surface area contributed by atoms with Gasteiger partial charge in [-0.1, -0.05) is 36.7 Å². The van der Waals surface area contributed by atoms with Gasteiger partial charge in [0.25, 0.3) is 0 Å². The van der Waals surface area contributed by atoms with Crippen molar-refractivity contribution in [3.63, 3.8) is 0 Å². The fraction of sp³-hybridized carbons (Fsp3) is 0.462. The first-order chi connectivity index (χ1) is 7.89. The molecule has 1 N–H and O–H groups in total. The number of carbonyl (C=O) groups is 1. The molecule has 4 heteroatoms. The van der Waals surface area contributed by atoms with E-state index in [0.29, 0.717) is 13.2 Å². The van der Waals surface area contributed by atoms with Crippen LogP contribution in [0.2, 0.25) is 0 Å². The highest BCUT2D eigenvalue weighted by molar-refractivity contribution is 9.10. The van der Waals surface area contributed by atoms with Crippen LogP contribution in [-0.2, 0) is 4.79 Å². The van der Waals surface area contributed by atoms with Crippen molar-refractivity contribution in [2.45, 2.75) is 20.8 Å². The number of nitrogens with one attached hydrogen (secondary N) is 1. The summed E-state index contributed by atoms with van der Waals surface area (Å²) < 4.78 is 6.51. The first kappa shape index (κ1) is 14.0. The molecule has 3 nitrogen and oxygen atoms in total. The Morgan fingerprint density at radius 1 is 1.29 bits per heavy atom. The van der Waals surface area contributed by atoms with Crippen molar-refractivity contribution in [1.29, 1.82) is 0 Å². The quantitative estimate of drug-likeness (QED) is 0.868. The largest absolute Gasteiger partial charge is 0.492 e. The van der Waals surface area contributed by atoms with Gasteiger partial charge in [-0.15, -0.1) is 0 Å². The van der Waals surface area contributed by atoms with Crippen LogP contribution in [0.1, 0.15) is 20.8 Å². The maximum Gasteiger partial charge on any atom is 0.225 e. The van der Waals surface area contributed by atoms with E-state index in [1.165, 1.54) is 0 Å². The van der Waals surface area contributed by atoms with E-state index < -0.39 is 0 Å². The minimum absolute atomic E-state index is 0.0388. The molecule has 17 heavy (non-hydrogen) atoms. The molecule has 0 unspecified atom stereocenters. The molecular weight excluding hydrogens is 282 g/mol. The minimum atomic E-state index is -0.350. The number of carbonyl (C=O) groups excluding carboxylic acids is 1. The number of amides is 1. The first-order valence-corrected chi connectivity index (χ1v) is 6.35. The van der Waals surface area contributed by atoms with E-state index in [-0.39, 0.29) is 11.3 Å². The molecule has 0 radical (unpaired) electrons. The SMILES string of the molecule is CC(C)(C)C(=O)NCCOc1ccc(Br)cc1. The molecule has 0 fully saturated rings. The molecule has 0 heterocycles. The Bertz CT molecular complexity index is 368. The molecule has 1 rings (SSSR count). The van der Waals surface area contributed by atoms with Gasteiger partial charge in [0.1, 0.15) is 12.4 Å². The van der Waals surface area contributed by atoms with Crippen LogP contribution in [0.3, 0.4) is 0 Å². The van der Waals surface area contributed by atoms with Crippen LogP contribution in [0.4, 0.5) is 0 Å². The van der Waals surface area contributed by atoms with Crippen LogP contribution in [0.15, 0.2) is 28.7 Å². The Kier molecular flexibility index (Phi) is 5.00. The second-order valence-corrected chi connectivity index (χ2v) is 5.72. The normalized spacial score (nSPS) is 11.1. The number of hydrogen-bond acceptors (Lipinski definition) is 2. The molecule has 0 spiro atoms. The van der Waals surface area contributed by atoms with Gasteiger partial charge in [-0.3, -0.25) is 4.79 Å². The summed E-state index contributed by atoms with van der Waals surface area (Å²) in [4.78, 5) is 11.5. The van der Waals surface area contributed by atoms with Crippen LogP contribution in [0.5, 0.6) is 5.75 Å². The third kappa shape index (κ3) is 5.22. The van der Waals surface area contributed by atoms with Crippen LogP contribution in [-0.4, -0.2) is 19.1 Å². The van der Waals surface area contributed by atoms with Gasteiger partial charge in [-0.05, 0) is 24.3 Å². The molecule has 0 bridgehead atoms. The highest BCUT2D eigenvalue weighted by atomic mass is 79.9. The van der Waals surface area contributed by atoms with Gasteiger partial charge < -0.3 is 10.1 Å². The second-order valence-electron chi connectivity index (χ2n) is 4.81. The summed E-state index contributed by atoms with van der Waals surface area (Å²) >= 11 is 3.36. The van der Waals surface area contributed by atoms with E-state index in [2.05, 4.69) is 21.2 Å². The fourth-order valence-corrected chi connectivity index (χ4v) is 1.39.